The molecule has 0 spiro atoms. The summed E-state index contributed by atoms with van der Waals surface area (Å²) in [6.45, 7) is 9.82. The Kier molecular flexibility index (Phi) is 4.42. The van der Waals surface area contributed by atoms with Crippen LogP contribution in [0.5, 0.6) is 0 Å². The van der Waals surface area contributed by atoms with Crippen molar-refractivity contribution in [1.29, 1.82) is 0 Å². The Bertz CT molecular complexity index is 174. The molecule has 2 heterocycles. The van der Waals surface area contributed by atoms with Gasteiger partial charge in [-0.1, -0.05) is 13.3 Å². The Labute approximate surface area is 93.6 Å². The Morgan fingerprint density at radius 2 is 2.00 bits per heavy atom. The Hall–Kier alpha value is -0.120. The van der Waals surface area contributed by atoms with E-state index in [1.54, 1.807) is 0 Å². The van der Waals surface area contributed by atoms with Crippen molar-refractivity contribution < 1.29 is 0 Å². The van der Waals surface area contributed by atoms with Gasteiger partial charge < -0.3 is 15.5 Å². The van der Waals surface area contributed by atoms with E-state index in [1.807, 2.05) is 0 Å². The number of hydrogen-bond donors (Lipinski definition) is 2. The number of hydrogen-bond acceptors (Lipinski definition) is 3. The molecule has 2 N–H and O–H groups in total. The van der Waals surface area contributed by atoms with Crippen LogP contribution in [0, 0.1) is 5.92 Å². The van der Waals surface area contributed by atoms with Gasteiger partial charge in [0.15, 0.2) is 0 Å². The molecule has 2 saturated heterocycles. The zero-order valence-corrected chi connectivity index (χ0v) is 9.97. The maximum atomic E-state index is 3.62. The van der Waals surface area contributed by atoms with Crippen LogP contribution in [-0.4, -0.2) is 50.2 Å². The zero-order valence-electron chi connectivity index (χ0n) is 9.97. The Morgan fingerprint density at radius 1 is 1.27 bits per heavy atom. The molecule has 1 unspecified atom stereocenters. The fourth-order valence-electron chi connectivity index (χ4n) is 2.45. The fourth-order valence-corrected chi connectivity index (χ4v) is 2.45. The van der Waals surface area contributed by atoms with Gasteiger partial charge in [0.1, 0.15) is 0 Å². The molecule has 0 radical (unpaired) electrons. The normalized spacial score (nSPS) is 26.2. The van der Waals surface area contributed by atoms with Crippen molar-refractivity contribution in [3.8, 4) is 0 Å². The standard InChI is InChI=1S/C12H25N3/c1-11(7-14-12-8-13-9-12)10-15-5-3-2-4-6-15/h11-14H,2-10H2,1H3. The predicted octanol–water partition coefficient (Wildman–Crippen LogP) is 0.670. The SMILES string of the molecule is CC(CNC1CNC1)CN1CCCCC1. The summed E-state index contributed by atoms with van der Waals surface area (Å²) in [5, 5.41) is 6.91. The van der Waals surface area contributed by atoms with E-state index in [-0.39, 0.29) is 0 Å². The smallest absolute Gasteiger partial charge is 0.0317 e. The summed E-state index contributed by atoms with van der Waals surface area (Å²) < 4.78 is 0. The van der Waals surface area contributed by atoms with Gasteiger partial charge >= 0.3 is 0 Å². The van der Waals surface area contributed by atoms with Gasteiger partial charge in [-0.3, -0.25) is 0 Å². The van der Waals surface area contributed by atoms with Crippen LogP contribution >= 0.6 is 0 Å². The van der Waals surface area contributed by atoms with Crippen molar-refractivity contribution >= 4 is 0 Å². The first-order valence-electron chi connectivity index (χ1n) is 6.51. The van der Waals surface area contributed by atoms with E-state index in [2.05, 4.69) is 22.5 Å². The fraction of sp³-hybridized carbons (Fsp3) is 1.00. The number of rotatable bonds is 5. The molecular formula is C12H25N3. The van der Waals surface area contributed by atoms with E-state index in [0.29, 0.717) is 0 Å². The van der Waals surface area contributed by atoms with E-state index in [4.69, 9.17) is 0 Å². The second-order valence-electron chi connectivity index (χ2n) is 5.23. The topological polar surface area (TPSA) is 27.3 Å². The van der Waals surface area contributed by atoms with E-state index < -0.39 is 0 Å². The largest absolute Gasteiger partial charge is 0.314 e. The van der Waals surface area contributed by atoms with Gasteiger partial charge in [0.25, 0.3) is 0 Å². The molecule has 1 atom stereocenters. The summed E-state index contributed by atoms with van der Waals surface area (Å²) >= 11 is 0. The lowest BCUT2D eigenvalue weighted by Gasteiger charge is -2.32. The summed E-state index contributed by atoms with van der Waals surface area (Å²) in [6, 6.07) is 0.744. The Balaban J connectivity index is 1.56. The monoisotopic (exact) mass is 211 g/mol. The average Bonchev–Trinajstić information content (AvgIpc) is 2.17. The molecule has 0 amide bonds. The highest BCUT2D eigenvalue weighted by Gasteiger charge is 2.18. The molecule has 0 aromatic carbocycles. The lowest BCUT2D eigenvalue weighted by atomic mass is 10.1. The van der Waals surface area contributed by atoms with Crippen LogP contribution in [-0.2, 0) is 0 Å². The van der Waals surface area contributed by atoms with Gasteiger partial charge in [-0.05, 0) is 38.4 Å². The van der Waals surface area contributed by atoms with Crippen LogP contribution < -0.4 is 10.6 Å². The van der Waals surface area contributed by atoms with Crippen molar-refractivity contribution in [2.75, 3.05) is 39.3 Å². The van der Waals surface area contributed by atoms with Crippen molar-refractivity contribution in [1.82, 2.24) is 15.5 Å². The van der Waals surface area contributed by atoms with Gasteiger partial charge in [-0.25, -0.2) is 0 Å². The molecule has 88 valence electrons. The summed E-state index contributed by atoms with van der Waals surface area (Å²) in [5.41, 5.74) is 0. The van der Waals surface area contributed by atoms with Gasteiger partial charge in [-0.15, -0.1) is 0 Å². The zero-order chi connectivity index (χ0) is 10.5. The van der Waals surface area contributed by atoms with Crippen molar-refractivity contribution in [2.24, 2.45) is 5.92 Å². The number of nitrogens with zero attached hydrogens (tertiary/aromatic N) is 1. The average molecular weight is 211 g/mol. The van der Waals surface area contributed by atoms with Gasteiger partial charge in [-0.2, -0.15) is 0 Å². The lowest BCUT2D eigenvalue weighted by Crippen LogP contribution is -2.56. The molecule has 2 aliphatic heterocycles. The highest BCUT2D eigenvalue weighted by Crippen LogP contribution is 2.10. The molecular weight excluding hydrogens is 186 g/mol. The van der Waals surface area contributed by atoms with E-state index in [1.165, 1.54) is 45.4 Å². The predicted molar refractivity (Wildman–Crippen MR) is 64.1 cm³/mol. The molecule has 0 bridgehead atoms. The third-order valence-electron chi connectivity index (χ3n) is 3.56. The van der Waals surface area contributed by atoms with Crippen LogP contribution in [0.3, 0.4) is 0 Å². The minimum absolute atomic E-state index is 0.744. The van der Waals surface area contributed by atoms with Crippen LogP contribution in [0.2, 0.25) is 0 Å². The first-order valence-corrected chi connectivity index (χ1v) is 6.51. The highest BCUT2D eigenvalue weighted by atomic mass is 15.1. The van der Waals surface area contributed by atoms with Gasteiger partial charge in [0.05, 0.1) is 0 Å². The molecule has 2 fully saturated rings. The minimum Gasteiger partial charge on any atom is -0.314 e. The van der Waals surface area contributed by atoms with E-state index >= 15 is 0 Å². The van der Waals surface area contributed by atoms with Crippen molar-refractivity contribution in [3.63, 3.8) is 0 Å². The van der Waals surface area contributed by atoms with Crippen LogP contribution in [0.4, 0.5) is 0 Å². The molecule has 0 saturated carbocycles. The first-order chi connectivity index (χ1) is 7.34. The lowest BCUT2D eigenvalue weighted by molar-refractivity contribution is 0.195. The third kappa shape index (κ3) is 3.74. The number of likely N-dealkylation sites (tertiary alicyclic amines) is 1. The number of piperidine rings is 1. The molecule has 0 aromatic heterocycles. The second-order valence-corrected chi connectivity index (χ2v) is 5.23. The van der Waals surface area contributed by atoms with Crippen LogP contribution in [0.1, 0.15) is 26.2 Å². The summed E-state index contributed by atoms with van der Waals surface area (Å²) in [5.74, 6) is 0.795. The maximum Gasteiger partial charge on any atom is 0.0317 e. The minimum atomic E-state index is 0.744. The molecule has 2 aliphatic rings. The maximum absolute atomic E-state index is 3.62. The highest BCUT2D eigenvalue weighted by molar-refractivity contribution is 4.82. The Morgan fingerprint density at radius 3 is 2.60 bits per heavy atom. The van der Waals surface area contributed by atoms with Crippen LogP contribution in [0.15, 0.2) is 0 Å². The molecule has 15 heavy (non-hydrogen) atoms. The van der Waals surface area contributed by atoms with Gasteiger partial charge in [0, 0.05) is 25.7 Å². The molecule has 3 nitrogen and oxygen atoms in total. The van der Waals surface area contributed by atoms with Crippen molar-refractivity contribution in [2.45, 2.75) is 32.2 Å². The van der Waals surface area contributed by atoms with E-state index in [0.717, 1.165) is 25.0 Å². The first kappa shape index (κ1) is 11.4. The molecule has 0 aliphatic carbocycles. The number of nitrogens with one attached hydrogen (secondary N) is 2. The summed E-state index contributed by atoms with van der Waals surface area (Å²) in [7, 11) is 0. The van der Waals surface area contributed by atoms with Crippen LogP contribution in [0.25, 0.3) is 0 Å². The molecule has 0 aromatic rings. The summed E-state index contributed by atoms with van der Waals surface area (Å²) in [6.07, 6.45) is 4.26. The van der Waals surface area contributed by atoms with E-state index in [9.17, 15) is 0 Å². The molecule has 2 rings (SSSR count). The second kappa shape index (κ2) is 5.83. The van der Waals surface area contributed by atoms with Crippen molar-refractivity contribution in [3.05, 3.63) is 0 Å². The summed E-state index contributed by atoms with van der Waals surface area (Å²) in [4.78, 5) is 2.63. The molecule has 3 heteroatoms. The third-order valence-corrected chi connectivity index (χ3v) is 3.56. The van der Waals surface area contributed by atoms with Gasteiger partial charge in [0.2, 0.25) is 0 Å². The quantitative estimate of drug-likeness (QED) is 0.700.